The van der Waals surface area contributed by atoms with Crippen LogP contribution in [0.5, 0.6) is 0 Å². The fraction of sp³-hybridized carbons (Fsp3) is 0.468. The van der Waals surface area contributed by atoms with E-state index in [1.54, 1.807) is 183 Å². The van der Waals surface area contributed by atoms with Crippen molar-refractivity contribution in [2.75, 3.05) is 32.8 Å². The maximum atomic E-state index is 16.0. The minimum absolute atomic E-state index is 0.109. The van der Waals surface area contributed by atoms with Crippen molar-refractivity contribution in [1.29, 1.82) is 0 Å². The van der Waals surface area contributed by atoms with Crippen LogP contribution in [0.1, 0.15) is 78.4 Å². The Labute approximate surface area is 631 Å². The molecule has 9 N–H and O–H groups in total. The van der Waals surface area contributed by atoms with Crippen LogP contribution in [0.25, 0.3) is 10.4 Å². The first-order valence-electron chi connectivity index (χ1n) is 36.3. The summed E-state index contributed by atoms with van der Waals surface area (Å²) in [5.41, 5.74) is 19.8. The number of nitrogens with zero attached hydrogens (tertiary/aromatic N) is 5. The molecule has 1 aliphatic carbocycles. The van der Waals surface area contributed by atoms with Gasteiger partial charge < -0.3 is 104 Å². The van der Waals surface area contributed by atoms with Gasteiger partial charge in [-0.15, -0.1) is 0 Å². The molecule has 110 heavy (non-hydrogen) atoms. The number of carbonyl (C=O) groups is 5. The van der Waals surface area contributed by atoms with Crippen LogP contribution in [0, 0.1) is 0 Å². The number of azide groups is 1. The lowest BCUT2D eigenvalue weighted by molar-refractivity contribution is -0.323. The van der Waals surface area contributed by atoms with Crippen molar-refractivity contribution in [2.45, 2.75) is 194 Å². The molecule has 588 valence electrons. The number of alkyl carbamates (subject to hydrolysis) is 2. The van der Waals surface area contributed by atoms with E-state index in [9.17, 15) is 44.4 Å². The molecule has 6 aromatic carbocycles. The number of aliphatic hydroxyl groups excluding tert-OH is 4. The topological polar surface area (TPSA) is 404 Å². The number of ether oxygens (including phenoxy) is 13. The van der Waals surface area contributed by atoms with E-state index in [1.165, 1.54) is 9.80 Å². The average molecular weight is 1530 g/mol. The Morgan fingerprint density at radius 1 is 0.564 bits per heavy atom. The number of rotatable bonds is 28. The lowest BCUT2D eigenvalue weighted by Crippen LogP contribution is -2.69. The molecule has 5 aliphatic heterocycles. The zero-order valence-electron chi connectivity index (χ0n) is 59.8. The number of halogens is 2. The van der Waals surface area contributed by atoms with Crippen molar-refractivity contribution in [2.24, 2.45) is 10.8 Å². The van der Waals surface area contributed by atoms with E-state index >= 15 is 8.78 Å². The van der Waals surface area contributed by atoms with Crippen LogP contribution in [0.3, 0.4) is 0 Å². The number of fused-ring (bicyclic) bond motifs is 2. The minimum atomic E-state index is -4.11. The second-order valence-corrected chi connectivity index (χ2v) is 27.3. The molecule has 0 radical (unpaired) electrons. The van der Waals surface area contributed by atoms with Crippen LogP contribution in [0.15, 0.2) is 187 Å². The van der Waals surface area contributed by atoms with Crippen molar-refractivity contribution in [3.63, 3.8) is 0 Å². The summed E-state index contributed by atoms with van der Waals surface area (Å²) in [6, 6.07) is 46.8. The third kappa shape index (κ3) is 20.0. The van der Waals surface area contributed by atoms with E-state index in [2.05, 4.69) is 26.0 Å². The predicted octanol–water partition coefficient (Wildman–Crippen LogP) is 7.19. The third-order valence-corrected chi connectivity index (χ3v) is 19.6. The highest BCUT2D eigenvalue weighted by Crippen LogP contribution is 2.42. The molecule has 1 saturated carbocycles. The molecule has 6 aromatic rings. The van der Waals surface area contributed by atoms with Gasteiger partial charge in [0.05, 0.1) is 44.4 Å². The van der Waals surface area contributed by atoms with E-state index < -0.39 is 185 Å². The Bertz CT molecular complexity index is 3990. The lowest BCUT2D eigenvalue weighted by Gasteiger charge is -2.51. The number of carbonyl (C=O) groups excluding carboxylic acids is 5. The van der Waals surface area contributed by atoms with Gasteiger partial charge in [0.2, 0.25) is 0 Å². The Morgan fingerprint density at radius 3 is 1.57 bits per heavy atom. The van der Waals surface area contributed by atoms with Crippen LogP contribution in [0.4, 0.5) is 28.0 Å². The van der Waals surface area contributed by atoms with Gasteiger partial charge in [0.1, 0.15) is 93.5 Å². The summed E-state index contributed by atoms with van der Waals surface area (Å²) in [7, 11) is 0. The number of hydrogen-bond donors (Lipinski definition) is 8. The number of nitrogens with two attached hydrogens (primary N) is 1. The van der Waals surface area contributed by atoms with Crippen LogP contribution >= 0.6 is 0 Å². The van der Waals surface area contributed by atoms with Crippen molar-refractivity contribution >= 4 is 30.3 Å². The summed E-state index contributed by atoms with van der Waals surface area (Å²) in [6.45, 7) is -2.22. The van der Waals surface area contributed by atoms with Crippen LogP contribution < -0.4 is 21.7 Å². The molecule has 5 amide bonds. The predicted molar refractivity (Wildman–Crippen MR) is 380 cm³/mol. The number of hydrogen-bond acceptors (Lipinski definition) is 24. The largest absolute Gasteiger partial charge is 0.445 e. The summed E-state index contributed by atoms with van der Waals surface area (Å²) in [6.07, 6.45) is -31.5. The van der Waals surface area contributed by atoms with Gasteiger partial charge in [0.15, 0.2) is 37.4 Å². The van der Waals surface area contributed by atoms with Gasteiger partial charge in [-0.1, -0.05) is 200 Å². The SMILES string of the molecule is CCCCO[C@H](C(=O)N[C@@H]1C[C@H](N)[C@@H](O[C@H]2O[C@@H]3CN(C(=O)OCc4ccccc4)C(c4ccccc4)O[C@H]3C[C@H]2NC(=O)OCc2ccccc2)[C@H](O[C@@H]2O[C@H](CO)[C@@H](O[C@H]3O[C@H]4CN(C(=O)OCc5ccccc5)C(c5ccccc5)O[C@H]4[C@H](O)[C@H]3NC(=O)OCc3ccccc3)[C@H]2O)[C@H]1O)C(F)(F)CN=[N+]=[N-]. The van der Waals surface area contributed by atoms with Crippen LogP contribution in [-0.2, 0) is 92.8 Å². The molecule has 31 nitrogen and oxygen atoms in total. The lowest BCUT2D eigenvalue weighted by atomic mass is 9.83. The maximum absolute atomic E-state index is 16.0. The number of alkyl halides is 2. The molecule has 0 aromatic heterocycles. The fourth-order valence-corrected chi connectivity index (χ4v) is 14.0. The van der Waals surface area contributed by atoms with Crippen molar-refractivity contribution in [3.05, 3.63) is 226 Å². The zero-order valence-corrected chi connectivity index (χ0v) is 59.8. The van der Waals surface area contributed by atoms with Gasteiger partial charge >= 0.3 is 24.4 Å². The molecule has 5 saturated heterocycles. The molecular formula is C77H89F2N9O22. The first kappa shape index (κ1) is 80.0. The van der Waals surface area contributed by atoms with Gasteiger partial charge in [-0.25, -0.2) is 28.0 Å². The first-order chi connectivity index (χ1) is 53.4. The molecule has 6 fully saturated rings. The van der Waals surface area contributed by atoms with Crippen molar-refractivity contribution in [1.82, 2.24) is 25.8 Å². The highest BCUT2D eigenvalue weighted by Gasteiger charge is 2.59. The summed E-state index contributed by atoms with van der Waals surface area (Å²) in [5, 5.41) is 60.2. The van der Waals surface area contributed by atoms with Crippen LogP contribution in [0.2, 0.25) is 0 Å². The van der Waals surface area contributed by atoms with E-state index in [0.717, 1.165) is 0 Å². The molecular weight excluding hydrogens is 1440 g/mol. The average Bonchev–Trinajstić information content (AvgIpc) is 1.05. The Kier molecular flexibility index (Phi) is 27.6. The smallest absolute Gasteiger partial charge is 0.412 e. The molecule has 12 rings (SSSR count). The molecule has 0 bridgehead atoms. The summed E-state index contributed by atoms with van der Waals surface area (Å²) < 4.78 is 114. The van der Waals surface area contributed by atoms with Gasteiger partial charge in [0, 0.05) is 35.1 Å². The Morgan fingerprint density at radius 2 is 1.05 bits per heavy atom. The summed E-state index contributed by atoms with van der Waals surface area (Å²) in [4.78, 5) is 76.1. The second-order valence-electron chi connectivity index (χ2n) is 27.3. The standard InChI is InChI=1S/C77H89F2N9O22/c1-2-3-34-98-66(77(78,79)44-82-86-81)67(93)83-52-35-51(80)62(108-70-53(84-73(94)99-40-45-22-10-4-11-23-45)36-54-55(104-70)37-87(68(103-54)49-30-18-8-19-31-49)75(96)101-42-47-26-14-6-15-27-47)65(59(52)90)110-72-61(92)64(57(39-89)106-72)109-71-58(85-74(95)100-41-46-24-12-5-13-25-46)60(91)63-56(105-71)38-88(69(107-63)50-32-20-9-21-33-50)76(97)102-43-48-28-16-7-17-29-48/h4-33,51-66,68-72,89-92H,2-3,34-44,80H2,1H3,(H,83,93)(H,84,94)(H,85,95)/t51-,52+,53+,54-,55+,56-,57+,58+,59-,60+,61+,62+,63+,64+,65+,66+,68?,69?,70+,71+,72-/m0/s1. The number of unbranched alkanes of at least 4 members (excludes halogenated alkanes) is 1. The highest BCUT2D eigenvalue weighted by molar-refractivity contribution is 5.82. The van der Waals surface area contributed by atoms with Crippen LogP contribution in [-0.4, -0.2) is 216 Å². The maximum Gasteiger partial charge on any atom is 0.412 e. The third-order valence-electron chi connectivity index (χ3n) is 19.6. The molecule has 33 heteroatoms. The molecule has 6 aliphatic rings. The Balaban J connectivity index is 0.853. The van der Waals surface area contributed by atoms with E-state index in [0.29, 0.717) is 39.8 Å². The molecule has 0 spiro atoms. The van der Waals surface area contributed by atoms with Crippen molar-refractivity contribution < 1.29 is 115 Å². The normalized spacial score (nSPS) is 29.5. The van der Waals surface area contributed by atoms with Gasteiger partial charge in [0.25, 0.3) is 11.8 Å². The quantitative estimate of drug-likeness (QED) is 0.00791. The fourth-order valence-electron chi connectivity index (χ4n) is 14.0. The molecule has 5 heterocycles. The molecule has 2 unspecified atom stereocenters. The minimum Gasteiger partial charge on any atom is -0.445 e. The zero-order chi connectivity index (χ0) is 77.3. The number of benzene rings is 6. The van der Waals surface area contributed by atoms with Crippen molar-refractivity contribution in [3.8, 4) is 0 Å². The van der Waals surface area contributed by atoms with Gasteiger partial charge in [-0.05, 0) is 40.6 Å². The van der Waals surface area contributed by atoms with E-state index in [1.807, 2.05) is 6.07 Å². The van der Waals surface area contributed by atoms with E-state index in [4.69, 9.17) is 72.8 Å². The van der Waals surface area contributed by atoms with Gasteiger partial charge in [-0.2, -0.15) is 0 Å². The monoisotopic (exact) mass is 1530 g/mol. The second kappa shape index (κ2) is 37.9. The Hall–Kier alpha value is -9.52. The highest BCUT2D eigenvalue weighted by atomic mass is 19.3. The first-order valence-corrected chi connectivity index (χ1v) is 36.3. The summed E-state index contributed by atoms with van der Waals surface area (Å²) in [5.74, 6) is -5.58. The molecule has 21 atom stereocenters. The number of amides is 5. The number of nitrogens with one attached hydrogen (secondary N) is 3. The number of aliphatic hydroxyl groups is 4. The van der Waals surface area contributed by atoms with E-state index in [-0.39, 0.29) is 59.0 Å². The van der Waals surface area contributed by atoms with Gasteiger partial charge in [-0.3, -0.25) is 14.6 Å². The summed E-state index contributed by atoms with van der Waals surface area (Å²) >= 11 is 0.